The summed E-state index contributed by atoms with van der Waals surface area (Å²) in [4.78, 5) is 13.4. The summed E-state index contributed by atoms with van der Waals surface area (Å²) < 4.78 is 1.82. The molecule has 0 aliphatic carbocycles. The second kappa shape index (κ2) is 5.05. The third-order valence-electron chi connectivity index (χ3n) is 3.78. The van der Waals surface area contributed by atoms with Crippen LogP contribution in [-0.4, -0.2) is 36.8 Å². The highest BCUT2D eigenvalue weighted by atomic mass is 16.4. The zero-order valence-electron chi connectivity index (χ0n) is 11.2. The van der Waals surface area contributed by atoms with Gasteiger partial charge in [0.1, 0.15) is 18.2 Å². The number of carbonyl (C=O) groups is 1. The van der Waals surface area contributed by atoms with E-state index in [4.69, 9.17) is 0 Å². The van der Waals surface area contributed by atoms with Gasteiger partial charge in [0.2, 0.25) is 0 Å². The SMILES string of the molecule is Cn1cnnc1CN1Cc2ccccc2C[C@H]1C(=O)O. The highest BCUT2D eigenvalue weighted by Gasteiger charge is 2.31. The van der Waals surface area contributed by atoms with Crippen molar-refractivity contribution in [1.82, 2.24) is 19.7 Å². The molecular formula is C14H16N4O2. The average molecular weight is 272 g/mol. The first-order valence-corrected chi connectivity index (χ1v) is 6.51. The first-order valence-electron chi connectivity index (χ1n) is 6.51. The number of benzene rings is 1. The highest BCUT2D eigenvalue weighted by Crippen LogP contribution is 2.24. The van der Waals surface area contributed by atoms with Crippen molar-refractivity contribution in [3.63, 3.8) is 0 Å². The molecule has 0 unspecified atom stereocenters. The Balaban J connectivity index is 1.89. The van der Waals surface area contributed by atoms with Crippen molar-refractivity contribution in [3.05, 3.63) is 47.5 Å². The third kappa shape index (κ3) is 2.30. The molecule has 0 saturated heterocycles. The molecule has 0 spiro atoms. The number of carboxylic acids is 1. The number of hydrogen-bond donors (Lipinski definition) is 1. The molecule has 6 nitrogen and oxygen atoms in total. The van der Waals surface area contributed by atoms with Gasteiger partial charge >= 0.3 is 5.97 Å². The molecule has 1 N–H and O–H groups in total. The van der Waals surface area contributed by atoms with Crippen LogP contribution in [0.1, 0.15) is 17.0 Å². The minimum Gasteiger partial charge on any atom is -0.480 e. The Morgan fingerprint density at radius 2 is 2.15 bits per heavy atom. The van der Waals surface area contributed by atoms with E-state index in [0.717, 1.165) is 11.4 Å². The number of fused-ring (bicyclic) bond motifs is 1. The summed E-state index contributed by atoms with van der Waals surface area (Å²) in [7, 11) is 1.86. The monoisotopic (exact) mass is 272 g/mol. The summed E-state index contributed by atoms with van der Waals surface area (Å²) in [6.07, 6.45) is 2.16. The zero-order chi connectivity index (χ0) is 14.1. The summed E-state index contributed by atoms with van der Waals surface area (Å²) in [6, 6.07) is 7.49. The van der Waals surface area contributed by atoms with Gasteiger partial charge in [-0.3, -0.25) is 9.69 Å². The fourth-order valence-electron chi connectivity index (χ4n) is 2.62. The van der Waals surface area contributed by atoms with E-state index < -0.39 is 12.0 Å². The van der Waals surface area contributed by atoms with E-state index in [1.165, 1.54) is 5.56 Å². The van der Waals surface area contributed by atoms with E-state index in [1.54, 1.807) is 6.33 Å². The predicted octanol–water partition coefficient (Wildman–Crippen LogP) is 0.827. The van der Waals surface area contributed by atoms with E-state index in [9.17, 15) is 9.90 Å². The lowest BCUT2D eigenvalue weighted by molar-refractivity contribution is -0.144. The number of nitrogens with zero attached hydrogens (tertiary/aromatic N) is 4. The van der Waals surface area contributed by atoms with Crippen LogP contribution >= 0.6 is 0 Å². The highest BCUT2D eigenvalue weighted by molar-refractivity contribution is 5.74. The maximum Gasteiger partial charge on any atom is 0.321 e. The van der Waals surface area contributed by atoms with Crippen molar-refractivity contribution in [2.75, 3.05) is 0 Å². The quantitative estimate of drug-likeness (QED) is 0.896. The number of hydrogen-bond acceptors (Lipinski definition) is 4. The van der Waals surface area contributed by atoms with Gasteiger partial charge in [-0.1, -0.05) is 24.3 Å². The van der Waals surface area contributed by atoms with Crippen LogP contribution < -0.4 is 0 Å². The van der Waals surface area contributed by atoms with Crippen LogP contribution in [0.5, 0.6) is 0 Å². The summed E-state index contributed by atoms with van der Waals surface area (Å²) in [6.45, 7) is 1.11. The lowest BCUT2D eigenvalue weighted by atomic mass is 9.94. The first-order chi connectivity index (χ1) is 9.65. The zero-order valence-corrected chi connectivity index (χ0v) is 11.2. The van der Waals surface area contributed by atoms with E-state index >= 15 is 0 Å². The molecule has 1 aliphatic heterocycles. The molecular weight excluding hydrogens is 256 g/mol. The van der Waals surface area contributed by atoms with Crippen molar-refractivity contribution in [2.45, 2.75) is 25.6 Å². The maximum absolute atomic E-state index is 11.5. The number of aliphatic carboxylic acids is 1. The largest absolute Gasteiger partial charge is 0.480 e. The third-order valence-corrected chi connectivity index (χ3v) is 3.78. The van der Waals surface area contributed by atoms with Crippen molar-refractivity contribution in [3.8, 4) is 0 Å². The van der Waals surface area contributed by atoms with Crippen LogP contribution in [0, 0.1) is 0 Å². The molecule has 2 aromatic rings. The van der Waals surface area contributed by atoms with E-state index in [0.29, 0.717) is 19.5 Å². The van der Waals surface area contributed by atoms with Gasteiger partial charge in [0.15, 0.2) is 0 Å². The van der Waals surface area contributed by atoms with Crippen molar-refractivity contribution in [1.29, 1.82) is 0 Å². The molecule has 3 rings (SSSR count). The lowest BCUT2D eigenvalue weighted by Crippen LogP contribution is -2.45. The molecule has 104 valence electrons. The van der Waals surface area contributed by atoms with Crippen molar-refractivity contribution < 1.29 is 9.90 Å². The van der Waals surface area contributed by atoms with Crippen LogP contribution in [0.15, 0.2) is 30.6 Å². The minimum atomic E-state index is -0.790. The molecule has 1 aliphatic rings. The Kier molecular flexibility index (Phi) is 3.23. The fourth-order valence-corrected chi connectivity index (χ4v) is 2.62. The van der Waals surface area contributed by atoms with Crippen molar-refractivity contribution >= 4 is 5.97 Å². The normalized spacial score (nSPS) is 18.8. The molecule has 1 atom stereocenters. The number of aromatic nitrogens is 3. The van der Waals surface area contributed by atoms with Crippen LogP contribution in [-0.2, 0) is 31.4 Å². The van der Waals surface area contributed by atoms with Crippen LogP contribution in [0.25, 0.3) is 0 Å². The van der Waals surface area contributed by atoms with Gasteiger partial charge < -0.3 is 9.67 Å². The second-order valence-electron chi connectivity index (χ2n) is 5.09. The topological polar surface area (TPSA) is 71.2 Å². The average Bonchev–Trinajstić information content (AvgIpc) is 2.83. The Morgan fingerprint density at radius 3 is 2.80 bits per heavy atom. The van der Waals surface area contributed by atoms with Gasteiger partial charge in [-0.2, -0.15) is 0 Å². The molecule has 0 bridgehead atoms. The number of rotatable bonds is 3. The molecule has 6 heteroatoms. The molecule has 20 heavy (non-hydrogen) atoms. The summed E-state index contributed by atoms with van der Waals surface area (Å²) >= 11 is 0. The molecule has 0 radical (unpaired) electrons. The van der Waals surface area contributed by atoms with Gasteiger partial charge in [-0.15, -0.1) is 10.2 Å². The van der Waals surface area contributed by atoms with Crippen LogP contribution in [0.4, 0.5) is 0 Å². The molecule has 0 fully saturated rings. The Bertz CT molecular complexity index is 638. The number of aryl methyl sites for hydroxylation is 1. The Labute approximate surface area is 116 Å². The van der Waals surface area contributed by atoms with Gasteiger partial charge in [-0.25, -0.2) is 0 Å². The molecule has 1 aromatic carbocycles. The first kappa shape index (κ1) is 12.8. The second-order valence-corrected chi connectivity index (χ2v) is 5.09. The van der Waals surface area contributed by atoms with E-state index in [2.05, 4.69) is 16.3 Å². The Morgan fingerprint density at radius 1 is 1.40 bits per heavy atom. The summed E-state index contributed by atoms with van der Waals surface area (Å²) in [5, 5.41) is 17.3. The lowest BCUT2D eigenvalue weighted by Gasteiger charge is -2.33. The van der Waals surface area contributed by atoms with E-state index in [-0.39, 0.29) is 0 Å². The van der Waals surface area contributed by atoms with Crippen LogP contribution in [0.2, 0.25) is 0 Å². The summed E-state index contributed by atoms with van der Waals surface area (Å²) in [5.74, 6) is -0.0164. The smallest absolute Gasteiger partial charge is 0.321 e. The fraction of sp³-hybridized carbons (Fsp3) is 0.357. The predicted molar refractivity (Wildman–Crippen MR) is 71.8 cm³/mol. The molecule has 1 aromatic heterocycles. The molecule has 0 amide bonds. The van der Waals surface area contributed by atoms with Crippen LogP contribution in [0.3, 0.4) is 0 Å². The maximum atomic E-state index is 11.5. The minimum absolute atomic E-state index is 0.488. The van der Waals surface area contributed by atoms with E-state index in [1.807, 2.05) is 34.7 Å². The van der Waals surface area contributed by atoms with Gasteiger partial charge in [0, 0.05) is 13.6 Å². The summed E-state index contributed by atoms with van der Waals surface area (Å²) in [5.41, 5.74) is 2.31. The molecule has 0 saturated carbocycles. The number of carboxylic acid groups (broad SMARTS) is 1. The van der Waals surface area contributed by atoms with Gasteiger partial charge in [-0.05, 0) is 17.5 Å². The van der Waals surface area contributed by atoms with Gasteiger partial charge in [0.05, 0.1) is 6.54 Å². The van der Waals surface area contributed by atoms with Crippen molar-refractivity contribution in [2.24, 2.45) is 7.05 Å². The Hall–Kier alpha value is -2.21. The van der Waals surface area contributed by atoms with Gasteiger partial charge in [0.25, 0.3) is 0 Å². The molecule has 2 heterocycles. The standard InChI is InChI=1S/C14H16N4O2/c1-17-9-15-16-13(17)8-18-7-11-5-3-2-4-10(11)6-12(18)14(19)20/h2-5,9,12H,6-8H2,1H3,(H,19,20)/t12-/m0/s1.